The molecule has 4 heteroatoms. The number of fused-ring (bicyclic) bond motifs is 2. The third kappa shape index (κ3) is 3.16. The van der Waals surface area contributed by atoms with Crippen LogP contribution in [0.4, 0.5) is 0 Å². The number of aliphatic carboxylic acids is 1. The van der Waals surface area contributed by atoms with Crippen LogP contribution in [0.2, 0.25) is 0 Å². The molecule has 3 rings (SSSR count). The molecular formula is C19H16O4. The Morgan fingerprint density at radius 3 is 2.26 bits per heavy atom. The second kappa shape index (κ2) is 6.08. The molecule has 3 aromatic rings. The molecule has 0 bridgehead atoms. The summed E-state index contributed by atoms with van der Waals surface area (Å²) >= 11 is 0. The summed E-state index contributed by atoms with van der Waals surface area (Å²) in [4.78, 5) is 22.4. The van der Waals surface area contributed by atoms with Crippen molar-refractivity contribution < 1.29 is 19.4 Å². The van der Waals surface area contributed by atoms with Gasteiger partial charge in [0.05, 0.1) is 12.8 Å². The Hall–Kier alpha value is -2.88. The number of carboxylic acid groups (broad SMARTS) is 1. The van der Waals surface area contributed by atoms with Gasteiger partial charge in [0.25, 0.3) is 0 Å². The number of carboxylic acids is 1. The van der Waals surface area contributed by atoms with Crippen LogP contribution in [-0.2, 0) is 9.59 Å². The lowest BCUT2D eigenvalue weighted by atomic mass is 10.00. The van der Waals surface area contributed by atoms with E-state index in [0.29, 0.717) is 5.75 Å². The molecule has 0 aliphatic heterocycles. The number of rotatable bonds is 4. The smallest absolute Gasteiger partial charge is 0.311 e. The van der Waals surface area contributed by atoms with Gasteiger partial charge in [-0.15, -0.1) is 0 Å². The van der Waals surface area contributed by atoms with Gasteiger partial charge in [0.15, 0.2) is 0 Å². The van der Waals surface area contributed by atoms with Gasteiger partial charge in [-0.2, -0.15) is 0 Å². The maximum absolute atomic E-state index is 11.8. The fraction of sp³-hybridized carbons (Fsp3) is 0.158. The molecule has 0 aromatic heterocycles. The predicted octanol–water partition coefficient (Wildman–Crippen LogP) is 4.07. The summed E-state index contributed by atoms with van der Waals surface area (Å²) in [5, 5.41) is 12.7. The van der Waals surface area contributed by atoms with Crippen LogP contribution in [0.25, 0.3) is 21.5 Å². The van der Waals surface area contributed by atoms with E-state index < -0.39 is 11.9 Å². The molecule has 1 N–H and O–H groups in total. The summed E-state index contributed by atoms with van der Waals surface area (Å²) in [6.45, 7) is 2.01. The van der Waals surface area contributed by atoms with Gasteiger partial charge in [0.2, 0.25) is 0 Å². The zero-order valence-electron chi connectivity index (χ0n) is 12.7. The van der Waals surface area contributed by atoms with E-state index >= 15 is 0 Å². The fourth-order valence-corrected chi connectivity index (χ4v) is 2.62. The number of benzene rings is 3. The predicted molar refractivity (Wildman–Crippen MR) is 88.7 cm³/mol. The van der Waals surface area contributed by atoms with E-state index in [1.807, 2.05) is 43.3 Å². The highest BCUT2D eigenvalue weighted by Gasteiger charge is 2.12. The van der Waals surface area contributed by atoms with Gasteiger partial charge in [0.1, 0.15) is 5.75 Å². The van der Waals surface area contributed by atoms with Crippen LogP contribution in [-0.4, -0.2) is 17.0 Å². The lowest BCUT2D eigenvalue weighted by Gasteiger charge is -2.11. The first-order valence-electron chi connectivity index (χ1n) is 7.39. The molecule has 0 aliphatic carbocycles. The highest BCUT2D eigenvalue weighted by molar-refractivity contribution is 6.03. The molecule has 23 heavy (non-hydrogen) atoms. The molecule has 0 heterocycles. The first kappa shape index (κ1) is 15.0. The molecule has 116 valence electrons. The maximum atomic E-state index is 11.8. The second-order valence-electron chi connectivity index (χ2n) is 5.49. The fourth-order valence-electron chi connectivity index (χ4n) is 2.62. The van der Waals surface area contributed by atoms with Crippen molar-refractivity contribution in [3.05, 3.63) is 54.1 Å². The van der Waals surface area contributed by atoms with E-state index in [4.69, 9.17) is 9.84 Å². The average molecular weight is 308 g/mol. The van der Waals surface area contributed by atoms with Crippen LogP contribution < -0.4 is 4.74 Å². The van der Waals surface area contributed by atoms with Crippen LogP contribution in [0.3, 0.4) is 0 Å². The summed E-state index contributed by atoms with van der Waals surface area (Å²) in [7, 11) is 0. The van der Waals surface area contributed by atoms with E-state index in [1.54, 1.807) is 6.07 Å². The van der Waals surface area contributed by atoms with Crippen molar-refractivity contribution in [1.29, 1.82) is 0 Å². The number of carbonyl (C=O) groups is 2. The van der Waals surface area contributed by atoms with Crippen molar-refractivity contribution in [3.63, 3.8) is 0 Å². The quantitative estimate of drug-likeness (QED) is 0.448. The van der Waals surface area contributed by atoms with E-state index in [0.717, 1.165) is 27.1 Å². The normalized spacial score (nSPS) is 10.8. The minimum atomic E-state index is -1.01. The van der Waals surface area contributed by atoms with Crippen molar-refractivity contribution >= 4 is 33.5 Å². The second-order valence-corrected chi connectivity index (χ2v) is 5.49. The SMILES string of the molecule is Cc1ccc(OC(=O)CCC(=O)O)c2cc3ccccc3cc12. The zero-order chi connectivity index (χ0) is 16.4. The molecule has 0 radical (unpaired) electrons. The largest absolute Gasteiger partial charge is 0.481 e. The Bertz CT molecular complexity index is 912. The van der Waals surface area contributed by atoms with Crippen molar-refractivity contribution in [3.8, 4) is 5.75 Å². The summed E-state index contributed by atoms with van der Waals surface area (Å²) < 4.78 is 5.38. The highest BCUT2D eigenvalue weighted by Crippen LogP contribution is 2.32. The number of aryl methyl sites for hydroxylation is 1. The minimum absolute atomic E-state index is 0.141. The van der Waals surface area contributed by atoms with E-state index in [9.17, 15) is 9.59 Å². The van der Waals surface area contributed by atoms with E-state index in [1.165, 1.54) is 0 Å². The van der Waals surface area contributed by atoms with Gasteiger partial charge < -0.3 is 9.84 Å². The number of hydrogen-bond donors (Lipinski definition) is 1. The van der Waals surface area contributed by atoms with Gasteiger partial charge >= 0.3 is 11.9 Å². The van der Waals surface area contributed by atoms with E-state index in [2.05, 4.69) is 6.07 Å². The first-order valence-corrected chi connectivity index (χ1v) is 7.39. The first-order chi connectivity index (χ1) is 11.0. The maximum Gasteiger partial charge on any atom is 0.311 e. The van der Waals surface area contributed by atoms with Gasteiger partial charge in [-0.05, 0) is 46.8 Å². The van der Waals surface area contributed by atoms with Crippen LogP contribution >= 0.6 is 0 Å². The molecule has 4 nitrogen and oxygen atoms in total. The topological polar surface area (TPSA) is 63.6 Å². The molecule has 0 amide bonds. The van der Waals surface area contributed by atoms with Crippen molar-refractivity contribution in [2.45, 2.75) is 19.8 Å². The molecule has 0 aliphatic rings. The standard InChI is InChI=1S/C19H16O4/c1-12-6-7-17(23-19(22)9-8-18(20)21)16-11-14-5-3-2-4-13(14)10-15(12)16/h2-7,10-11H,8-9H2,1H3,(H,20,21). The Balaban J connectivity index is 2.03. The Morgan fingerprint density at radius 2 is 1.61 bits per heavy atom. The number of hydrogen-bond acceptors (Lipinski definition) is 3. The lowest BCUT2D eigenvalue weighted by molar-refractivity contribution is -0.142. The van der Waals surface area contributed by atoms with Crippen molar-refractivity contribution in [1.82, 2.24) is 0 Å². The zero-order valence-corrected chi connectivity index (χ0v) is 12.7. The Labute approximate surface area is 133 Å². The molecule has 3 aromatic carbocycles. The Morgan fingerprint density at radius 1 is 0.957 bits per heavy atom. The lowest BCUT2D eigenvalue weighted by Crippen LogP contribution is -2.10. The van der Waals surface area contributed by atoms with Crippen LogP contribution in [0.15, 0.2) is 48.5 Å². The third-order valence-electron chi connectivity index (χ3n) is 3.83. The Kier molecular flexibility index (Phi) is 3.98. The van der Waals surface area contributed by atoms with E-state index in [-0.39, 0.29) is 12.8 Å². The van der Waals surface area contributed by atoms with Crippen molar-refractivity contribution in [2.24, 2.45) is 0 Å². The summed E-state index contributed by atoms with van der Waals surface area (Å²) in [5.41, 5.74) is 1.09. The van der Waals surface area contributed by atoms with Crippen LogP contribution in [0.5, 0.6) is 5.75 Å². The molecule has 0 atom stereocenters. The molecular weight excluding hydrogens is 292 g/mol. The molecule has 0 saturated carbocycles. The van der Waals surface area contributed by atoms with Crippen molar-refractivity contribution in [2.75, 3.05) is 0 Å². The summed E-state index contributed by atoms with van der Waals surface area (Å²) in [6, 6.07) is 15.7. The average Bonchev–Trinajstić information content (AvgIpc) is 2.54. The molecule has 0 saturated heterocycles. The van der Waals surface area contributed by atoms with Gasteiger partial charge in [-0.25, -0.2) is 0 Å². The van der Waals surface area contributed by atoms with Crippen LogP contribution in [0, 0.1) is 6.92 Å². The van der Waals surface area contributed by atoms with Gasteiger partial charge in [0, 0.05) is 5.39 Å². The van der Waals surface area contributed by atoms with Gasteiger partial charge in [-0.1, -0.05) is 30.3 Å². The summed E-state index contributed by atoms with van der Waals surface area (Å²) in [6.07, 6.45) is -0.371. The number of ether oxygens (including phenoxy) is 1. The van der Waals surface area contributed by atoms with Gasteiger partial charge in [-0.3, -0.25) is 9.59 Å². The molecule has 0 fully saturated rings. The van der Waals surface area contributed by atoms with Crippen LogP contribution in [0.1, 0.15) is 18.4 Å². The molecule has 0 unspecified atom stereocenters. The number of esters is 1. The third-order valence-corrected chi connectivity index (χ3v) is 3.83. The molecule has 0 spiro atoms. The monoisotopic (exact) mass is 308 g/mol. The summed E-state index contributed by atoms with van der Waals surface area (Å²) in [5.74, 6) is -1.08. The highest BCUT2D eigenvalue weighted by atomic mass is 16.5. The number of carbonyl (C=O) groups excluding carboxylic acids is 1. The minimum Gasteiger partial charge on any atom is -0.481 e.